The lowest BCUT2D eigenvalue weighted by molar-refractivity contribution is -0.152. The van der Waals surface area contributed by atoms with Crippen LogP contribution in [-0.4, -0.2) is 23.0 Å². The van der Waals surface area contributed by atoms with Gasteiger partial charge in [-0.3, -0.25) is 9.59 Å². The van der Waals surface area contributed by atoms with E-state index in [4.69, 9.17) is 0 Å². The fourth-order valence-electron chi connectivity index (χ4n) is 3.51. The van der Waals surface area contributed by atoms with Crippen LogP contribution in [0.1, 0.15) is 73.1 Å². The van der Waals surface area contributed by atoms with Crippen LogP contribution < -0.4 is 5.32 Å². The largest absolute Gasteiger partial charge is 0.481 e. The fourth-order valence-corrected chi connectivity index (χ4v) is 3.51. The zero-order valence-corrected chi connectivity index (χ0v) is 14.2. The van der Waals surface area contributed by atoms with Crippen LogP contribution in [0.2, 0.25) is 0 Å². The average Bonchev–Trinajstić information content (AvgIpc) is 2.29. The Morgan fingerprint density at radius 1 is 1.33 bits per heavy atom. The van der Waals surface area contributed by atoms with Crippen molar-refractivity contribution in [1.29, 1.82) is 0 Å². The van der Waals surface area contributed by atoms with E-state index in [-0.39, 0.29) is 17.4 Å². The third kappa shape index (κ3) is 5.33. The summed E-state index contributed by atoms with van der Waals surface area (Å²) in [5.74, 6) is -0.494. The van der Waals surface area contributed by atoms with E-state index >= 15 is 0 Å². The maximum absolute atomic E-state index is 12.2. The van der Waals surface area contributed by atoms with E-state index in [2.05, 4.69) is 33.0 Å². The number of carboxylic acids is 1. The molecule has 0 radical (unpaired) electrons. The number of aliphatic carboxylic acids is 1. The van der Waals surface area contributed by atoms with Gasteiger partial charge in [0.1, 0.15) is 0 Å². The SMILES string of the molecule is CC(CC(=O)NC1CCCCC1(C)C(=O)O)CC(C)(C)C. The smallest absolute Gasteiger partial charge is 0.311 e. The molecule has 3 atom stereocenters. The first kappa shape index (κ1) is 18.0. The van der Waals surface area contributed by atoms with Crippen molar-refractivity contribution in [3.63, 3.8) is 0 Å². The highest BCUT2D eigenvalue weighted by molar-refractivity contribution is 5.80. The van der Waals surface area contributed by atoms with Gasteiger partial charge in [0.25, 0.3) is 0 Å². The van der Waals surface area contributed by atoms with Crippen molar-refractivity contribution >= 4 is 11.9 Å². The Kier molecular flexibility index (Phi) is 5.83. The number of nitrogens with one attached hydrogen (secondary N) is 1. The molecule has 0 aromatic carbocycles. The molecule has 0 aromatic heterocycles. The molecule has 3 unspecified atom stereocenters. The van der Waals surface area contributed by atoms with Crippen molar-refractivity contribution in [3.8, 4) is 0 Å². The van der Waals surface area contributed by atoms with Gasteiger partial charge in [-0.15, -0.1) is 0 Å². The quantitative estimate of drug-likeness (QED) is 0.815. The summed E-state index contributed by atoms with van der Waals surface area (Å²) in [7, 11) is 0. The highest BCUT2D eigenvalue weighted by Gasteiger charge is 2.43. The molecule has 0 heterocycles. The zero-order valence-electron chi connectivity index (χ0n) is 14.2. The van der Waals surface area contributed by atoms with Crippen LogP contribution in [-0.2, 0) is 9.59 Å². The summed E-state index contributed by atoms with van der Waals surface area (Å²) < 4.78 is 0. The summed E-state index contributed by atoms with van der Waals surface area (Å²) in [6.07, 6.45) is 4.79. The summed E-state index contributed by atoms with van der Waals surface area (Å²) in [5, 5.41) is 12.5. The molecule has 0 saturated heterocycles. The summed E-state index contributed by atoms with van der Waals surface area (Å²) in [5.41, 5.74) is -0.610. The molecule has 0 aliphatic heterocycles. The molecular formula is C17H31NO3. The molecule has 1 amide bonds. The highest BCUT2D eigenvalue weighted by atomic mass is 16.4. The van der Waals surface area contributed by atoms with Crippen molar-refractivity contribution in [3.05, 3.63) is 0 Å². The second-order valence-corrected chi connectivity index (χ2v) is 8.16. The van der Waals surface area contributed by atoms with E-state index in [0.29, 0.717) is 18.8 Å². The summed E-state index contributed by atoms with van der Waals surface area (Å²) >= 11 is 0. The average molecular weight is 297 g/mol. The van der Waals surface area contributed by atoms with Crippen molar-refractivity contribution in [2.75, 3.05) is 0 Å². The maximum atomic E-state index is 12.2. The van der Waals surface area contributed by atoms with Crippen molar-refractivity contribution in [1.82, 2.24) is 5.32 Å². The molecule has 1 rings (SSSR count). The lowest BCUT2D eigenvalue weighted by atomic mass is 9.71. The lowest BCUT2D eigenvalue weighted by Gasteiger charge is -2.38. The van der Waals surface area contributed by atoms with Gasteiger partial charge < -0.3 is 10.4 Å². The highest BCUT2D eigenvalue weighted by Crippen LogP contribution is 2.36. The fraction of sp³-hybridized carbons (Fsp3) is 0.882. The molecule has 21 heavy (non-hydrogen) atoms. The van der Waals surface area contributed by atoms with E-state index in [9.17, 15) is 14.7 Å². The molecule has 0 spiro atoms. The van der Waals surface area contributed by atoms with E-state index in [1.54, 1.807) is 6.92 Å². The van der Waals surface area contributed by atoms with Crippen LogP contribution in [0.5, 0.6) is 0 Å². The summed E-state index contributed by atoms with van der Waals surface area (Å²) in [6, 6.07) is -0.238. The summed E-state index contributed by atoms with van der Waals surface area (Å²) in [4.78, 5) is 23.7. The van der Waals surface area contributed by atoms with Crippen LogP contribution in [0, 0.1) is 16.7 Å². The van der Waals surface area contributed by atoms with Gasteiger partial charge in [-0.05, 0) is 37.5 Å². The molecule has 0 bridgehead atoms. The third-order valence-electron chi connectivity index (χ3n) is 4.53. The summed E-state index contributed by atoms with van der Waals surface area (Å²) in [6.45, 7) is 10.4. The third-order valence-corrected chi connectivity index (χ3v) is 4.53. The second-order valence-electron chi connectivity index (χ2n) is 8.16. The first-order valence-corrected chi connectivity index (χ1v) is 8.07. The molecule has 1 fully saturated rings. The van der Waals surface area contributed by atoms with Gasteiger partial charge in [0.2, 0.25) is 5.91 Å². The van der Waals surface area contributed by atoms with E-state index in [0.717, 1.165) is 25.7 Å². The number of rotatable bonds is 5. The molecule has 122 valence electrons. The molecule has 4 heteroatoms. The number of hydrogen-bond donors (Lipinski definition) is 2. The number of carboxylic acid groups (broad SMARTS) is 1. The van der Waals surface area contributed by atoms with Crippen molar-refractivity contribution < 1.29 is 14.7 Å². The van der Waals surface area contributed by atoms with Crippen molar-refractivity contribution in [2.45, 2.75) is 79.2 Å². The standard InChI is InChI=1S/C17H31NO3/c1-12(11-16(2,3)4)10-14(19)18-13-8-6-7-9-17(13,5)15(20)21/h12-13H,6-11H2,1-5H3,(H,18,19)(H,20,21). The Labute approximate surface area is 128 Å². The number of amides is 1. The topological polar surface area (TPSA) is 66.4 Å². The van der Waals surface area contributed by atoms with Crippen molar-refractivity contribution in [2.24, 2.45) is 16.7 Å². The van der Waals surface area contributed by atoms with Gasteiger partial charge in [0.05, 0.1) is 5.41 Å². The first-order chi connectivity index (χ1) is 9.54. The lowest BCUT2D eigenvalue weighted by Crippen LogP contribution is -2.52. The van der Waals surface area contributed by atoms with Crippen LogP contribution in [0.4, 0.5) is 0 Å². The van der Waals surface area contributed by atoms with Gasteiger partial charge >= 0.3 is 5.97 Å². The Morgan fingerprint density at radius 2 is 1.95 bits per heavy atom. The van der Waals surface area contributed by atoms with Crippen LogP contribution in [0.3, 0.4) is 0 Å². The first-order valence-electron chi connectivity index (χ1n) is 8.07. The van der Waals surface area contributed by atoms with Crippen LogP contribution in [0.15, 0.2) is 0 Å². The van der Waals surface area contributed by atoms with E-state index in [1.165, 1.54) is 0 Å². The minimum Gasteiger partial charge on any atom is -0.481 e. The Morgan fingerprint density at radius 3 is 2.48 bits per heavy atom. The zero-order chi connectivity index (χ0) is 16.3. The molecular weight excluding hydrogens is 266 g/mol. The Hall–Kier alpha value is -1.06. The Bertz CT molecular complexity index is 386. The predicted molar refractivity (Wildman–Crippen MR) is 84.0 cm³/mol. The van der Waals surface area contributed by atoms with Gasteiger partial charge in [0.15, 0.2) is 0 Å². The number of carbonyl (C=O) groups is 2. The maximum Gasteiger partial charge on any atom is 0.311 e. The number of hydrogen-bond acceptors (Lipinski definition) is 2. The van der Waals surface area contributed by atoms with Gasteiger partial charge in [-0.25, -0.2) is 0 Å². The normalized spacial score (nSPS) is 28.0. The van der Waals surface area contributed by atoms with Crippen LogP contribution in [0.25, 0.3) is 0 Å². The van der Waals surface area contributed by atoms with Gasteiger partial charge in [-0.2, -0.15) is 0 Å². The van der Waals surface area contributed by atoms with E-state index < -0.39 is 11.4 Å². The van der Waals surface area contributed by atoms with E-state index in [1.807, 2.05) is 0 Å². The molecule has 2 N–H and O–H groups in total. The predicted octanol–water partition coefficient (Wildman–Crippen LogP) is 3.60. The molecule has 1 saturated carbocycles. The monoisotopic (exact) mass is 297 g/mol. The van der Waals surface area contributed by atoms with Gasteiger partial charge in [-0.1, -0.05) is 40.5 Å². The van der Waals surface area contributed by atoms with Crippen LogP contribution >= 0.6 is 0 Å². The van der Waals surface area contributed by atoms with Gasteiger partial charge in [0, 0.05) is 12.5 Å². The minimum absolute atomic E-state index is 0.00822. The molecule has 1 aliphatic carbocycles. The second kappa shape index (κ2) is 6.80. The minimum atomic E-state index is -0.818. The molecule has 0 aromatic rings. The Balaban J connectivity index is 2.58. The number of carbonyl (C=O) groups excluding carboxylic acids is 1. The molecule has 4 nitrogen and oxygen atoms in total. The molecule has 1 aliphatic rings.